The lowest BCUT2D eigenvalue weighted by atomic mass is 10.2. The molecule has 2 aromatic heterocycles. The molecule has 0 saturated heterocycles. The van der Waals surface area contributed by atoms with Gasteiger partial charge in [-0.2, -0.15) is 4.68 Å². The first-order chi connectivity index (χ1) is 14.7. The number of thioether (sulfide) groups is 1. The zero-order chi connectivity index (χ0) is 20.9. The summed E-state index contributed by atoms with van der Waals surface area (Å²) in [6.07, 6.45) is 0. The largest absolute Gasteiger partial charge is 0.494 e. The van der Waals surface area contributed by atoms with Crippen molar-refractivity contribution in [3.05, 3.63) is 53.5 Å². The van der Waals surface area contributed by atoms with Crippen LogP contribution in [0.15, 0.2) is 53.7 Å². The van der Waals surface area contributed by atoms with Crippen molar-refractivity contribution in [3.8, 4) is 11.4 Å². The second-order valence-electron chi connectivity index (χ2n) is 6.56. The minimum absolute atomic E-state index is 0.0810. The number of thiazole rings is 1. The number of tetrazole rings is 1. The highest BCUT2D eigenvalue weighted by atomic mass is 32.2. The molecule has 0 aliphatic carbocycles. The molecule has 4 aromatic rings. The van der Waals surface area contributed by atoms with Crippen LogP contribution in [0.4, 0.5) is 0 Å². The Morgan fingerprint density at radius 2 is 2.03 bits per heavy atom. The van der Waals surface area contributed by atoms with E-state index in [0.29, 0.717) is 17.5 Å². The number of para-hydroxylation sites is 3. The summed E-state index contributed by atoms with van der Waals surface area (Å²) >= 11 is 2.94. The van der Waals surface area contributed by atoms with Gasteiger partial charge < -0.3 is 10.1 Å². The summed E-state index contributed by atoms with van der Waals surface area (Å²) in [5, 5.41) is 16.3. The van der Waals surface area contributed by atoms with E-state index in [4.69, 9.17) is 4.74 Å². The van der Waals surface area contributed by atoms with E-state index < -0.39 is 0 Å². The van der Waals surface area contributed by atoms with Gasteiger partial charge in [0.25, 0.3) is 0 Å². The number of nitrogens with one attached hydrogen (secondary N) is 1. The molecule has 0 fully saturated rings. The number of rotatable bonds is 8. The van der Waals surface area contributed by atoms with E-state index in [1.54, 1.807) is 23.1 Å². The summed E-state index contributed by atoms with van der Waals surface area (Å²) in [5.74, 6) is 0.917. The zero-order valence-corrected chi connectivity index (χ0v) is 18.1. The number of hydrogen-bond donors (Lipinski definition) is 1. The highest BCUT2D eigenvalue weighted by Crippen LogP contribution is 2.27. The van der Waals surface area contributed by atoms with E-state index in [1.807, 2.05) is 42.5 Å². The molecule has 1 N–H and O–H groups in total. The van der Waals surface area contributed by atoms with E-state index in [1.165, 1.54) is 11.8 Å². The highest BCUT2D eigenvalue weighted by Gasteiger charge is 2.16. The highest BCUT2D eigenvalue weighted by molar-refractivity contribution is 7.99. The molecule has 1 amide bonds. The molecule has 10 heteroatoms. The molecule has 154 valence electrons. The first kappa shape index (κ1) is 20.3. The minimum atomic E-state index is -0.0810. The van der Waals surface area contributed by atoms with Gasteiger partial charge in [0.05, 0.1) is 28.1 Å². The van der Waals surface area contributed by atoms with Crippen LogP contribution in [0.5, 0.6) is 5.75 Å². The number of ether oxygens (including phenoxy) is 1. The standard InChI is InChI=1S/C20H20N6O2S2/c1-13(19-22-14-7-3-6-10-17(14)30-19)11-21-18(27)12-29-20-23-24-25-26(20)15-8-4-5-9-16(15)28-2/h3-10,13H,11-12H2,1-2H3,(H,21,27). The molecular weight excluding hydrogens is 420 g/mol. The molecule has 0 spiro atoms. The molecule has 0 aliphatic rings. The Morgan fingerprint density at radius 1 is 1.23 bits per heavy atom. The lowest BCUT2D eigenvalue weighted by Crippen LogP contribution is -2.29. The van der Waals surface area contributed by atoms with Crippen LogP contribution in [0.3, 0.4) is 0 Å². The van der Waals surface area contributed by atoms with E-state index in [0.717, 1.165) is 20.9 Å². The van der Waals surface area contributed by atoms with Crippen LogP contribution < -0.4 is 10.1 Å². The topological polar surface area (TPSA) is 94.8 Å². The van der Waals surface area contributed by atoms with Crippen LogP contribution in [0, 0.1) is 0 Å². The summed E-state index contributed by atoms with van der Waals surface area (Å²) < 4.78 is 8.10. The molecular formula is C20H20N6O2S2. The molecule has 4 rings (SSSR count). The van der Waals surface area contributed by atoms with Crippen LogP contribution in [0.25, 0.3) is 15.9 Å². The van der Waals surface area contributed by atoms with Gasteiger partial charge in [0, 0.05) is 12.5 Å². The normalized spacial score (nSPS) is 12.1. The number of fused-ring (bicyclic) bond motifs is 1. The van der Waals surface area contributed by atoms with E-state index >= 15 is 0 Å². The summed E-state index contributed by atoms with van der Waals surface area (Å²) in [5.41, 5.74) is 1.71. The maximum absolute atomic E-state index is 12.4. The van der Waals surface area contributed by atoms with E-state index in [2.05, 4.69) is 38.8 Å². The number of nitrogens with zero attached hydrogens (tertiary/aromatic N) is 5. The predicted molar refractivity (Wildman–Crippen MR) is 117 cm³/mol. The summed E-state index contributed by atoms with van der Waals surface area (Å²) in [6, 6.07) is 15.5. The first-order valence-corrected chi connectivity index (χ1v) is 11.1. The molecule has 0 saturated carbocycles. The maximum Gasteiger partial charge on any atom is 0.230 e. The number of methoxy groups -OCH3 is 1. The number of hydrogen-bond acceptors (Lipinski definition) is 8. The lowest BCUT2D eigenvalue weighted by Gasteiger charge is -2.10. The van der Waals surface area contributed by atoms with Gasteiger partial charge in [-0.3, -0.25) is 4.79 Å². The van der Waals surface area contributed by atoms with Crippen molar-refractivity contribution in [1.82, 2.24) is 30.5 Å². The Kier molecular flexibility index (Phi) is 6.24. The van der Waals surface area contributed by atoms with Crippen LogP contribution in [-0.4, -0.2) is 50.5 Å². The van der Waals surface area contributed by atoms with Gasteiger partial charge in [0.2, 0.25) is 11.1 Å². The Morgan fingerprint density at radius 3 is 2.87 bits per heavy atom. The first-order valence-electron chi connectivity index (χ1n) is 9.32. The number of amides is 1. The van der Waals surface area contributed by atoms with Gasteiger partial charge in [0.15, 0.2) is 0 Å². The van der Waals surface area contributed by atoms with Gasteiger partial charge in [-0.15, -0.1) is 16.4 Å². The monoisotopic (exact) mass is 440 g/mol. The fourth-order valence-corrected chi connectivity index (χ4v) is 4.59. The van der Waals surface area contributed by atoms with E-state index in [9.17, 15) is 4.79 Å². The Hall–Kier alpha value is -2.98. The van der Waals surface area contributed by atoms with Gasteiger partial charge in [-0.1, -0.05) is 43.0 Å². The summed E-state index contributed by atoms with van der Waals surface area (Å²) in [4.78, 5) is 17.0. The van der Waals surface area contributed by atoms with Crippen molar-refractivity contribution in [2.24, 2.45) is 0 Å². The number of carbonyl (C=O) groups is 1. The summed E-state index contributed by atoms with van der Waals surface area (Å²) in [7, 11) is 1.59. The Balaban J connectivity index is 1.34. The van der Waals surface area contributed by atoms with Crippen molar-refractivity contribution in [2.75, 3.05) is 19.4 Å². The number of benzene rings is 2. The average molecular weight is 441 g/mol. The minimum Gasteiger partial charge on any atom is -0.494 e. The molecule has 0 aliphatic heterocycles. The number of aromatic nitrogens is 5. The van der Waals surface area contributed by atoms with Crippen LogP contribution in [0.1, 0.15) is 17.8 Å². The lowest BCUT2D eigenvalue weighted by molar-refractivity contribution is -0.118. The number of carbonyl (C=O) groups excluding carboxylic acids is 1. The van der Waals surface area contributed by atoms with Gasteiger partial charge in [0.1, 0.15) is 11.4 Å². The molecule has 30 heavy (non-hydrogen) atoms. The van der Waals surface area contributed by atoms with Crippen molar-refractivity contribution in [1.29, 1.82) is 0 Å². The van der Waals surface area contributed by atoms with Gasteiger partial charge >= 0.3 is 0 Å². The molecule has 1 atom stereocenters. The second-order valence-corrected chi connectivity index (χ2v) is 8.56. The molecule has 8 nitrogen and oxygen atoms in total. The molecule has 0 radical (unpaired) electrons. The molecule has 2 aromatic carbocycles. The average Bonchev–Trinajstić information content (AvgIpc) is 3.42. The fraction of sp³-hybridized carbons (Fsp3) is 0.250. The van der Waals surface area contributed by atoms with Gasteiger partial charge in [-0.25, -0.2) is 4.98 Å². The third-order valence-electron chi connectivity index (χ3n) is 4.42. The third kappa shape index (κ3) is 4.44. The van der Waals surface area contributed by atoms with Gasteiger partial charge in [-0.05, 0) is 34.7 Å². The quantitative estimate of drug-likeness (QED) is 0.420. The molecule has 0 bridgehead atoms. The third-order valence-corrected chi connectivity index (χ3v) is 6.61. The van der Waals surface area contributed by atoms with Crippen molar-refractivity contribution in [2.45, 2.75) is 18.0 Å². The van der Waals surface area contributed by atoms with E-state index in [-0.39, 0.29) is 17.6 Å². The van der Waals surface area contributed by atoms with Crippen LogP contribution >= 0.6 is 23.1 Å². The Labute approximate surface area is 181 Å². The zero-order valence-electron chi connectivity index (χ0n) is 16.5. The maximum atomic E-state index is 12.4. The van der Waals surface area contributed by atoms with Crippen molar-refractivity contribution >= 4 is 39.2 Å². The fourth-order valence-electron chi connectivity index (χ4n) is 2.86. The Bertz CT molecular complexity index is 1130. The SMILES string of the molecule is COc1ccccc1-n1nnnc1SCC(=O)NCC(C)c1nc2ccccc2s1. The molecule has 1 unspecified atom stereocenters. The van der Waals surface area contributed by atoms with Crippen molar-refractivity contribution < 1.29 is 9.53 Å². The van der Waals surface area contributed by atoms with Crippen LogP contribution in [-0.2, 0) is 4.79 Å². The summed E-state index contributed by atoms with van der Waals surface area (Å²) in [6.45, 7) is 2.59. The smallest absolute Gasteiger partial charge is 0.230 e. The second kappa shape index (κ2) is 9.23. The van der Waals surface area contributed by atoms with Crippen molar-refractivity contribution in [3.63, 3.8) is 0 Å². The predicted octanol–water partition coefficient (Wildman–Crippen LogP) is 3.29. The van der Waals surface area contributed by atoms with Crippen LogP contribution in [0.2, 0.25) is 0 Å². The molecule has 2 heterocycles.